The Hall–Kier alpha value is -2.60. The van der Waals surface area contributed by atoms with Crippen LogP contribution in [-0.4, -0.2) is 0 Å². The van der Waals surface area contributed by atoms with E-state index >= 15 is 0 Å². The summed E-state index contributed by atoms with van der Waals surface area (Å²) in [4.78, 5) is 0. The highest BCUT2D eigenvalue weighted by Gasteiger charge is 2.21. The first kappa shape index (κ1) is 12.2. The zero-order valence-corrected chi connectivity index (χ0v) is 11.8. The summed E-state index contributed by atoms with van der Waals surface area (Å²) in [5, 5.41) is 0. The van der Waals surface area contributed by atoms with Gasteiger partial charge in [0.2, 0.25) is 0 Å². The van der Waals surface area contributed by atoms with Crippen LogP contribution in [0.3, 0.4) is 0 Å². The second kappa shape index (κ2) is 4.75. The fourth-order valence-electron chi connectivity index (χ4n) is 3.33. The van der Waals surface area contributed by atoms with Gasteiger partial charge in [-0.15, -0.1) is 0 Å². The molecule has 0 heteroatoms. The Kier molecular flexibility index (Phi) is 2.75. The van der Waals surface area contributed by atoms with E-state index < -0.39 is 0 Å². The lowest BCUT2D eigenvalue weighted by atomic mass is 9.93. The molecular weight excluding hydrogens is 252 g/mol. The third-order valence-electron chi connectivity index (χ3n) is 4.32. The summed E-state index contributed by atoms with van der Waals surface area (Å²) in [6.45, 7) is 3.95. The van der Waals surface area contributed by atoms with E-state index in [2.05, 4.69) is 73.3 Å². The van der Waals surface area contributed by atoms with Crippen LogP contribution in [0.25, 0.3) is 28.3 Å². The largest absolute Gasteiger partial charge is 0.0984 e. The number of rotatable bonds is 2. The van der Waals surface area contributed by atoms with Crippen molar-refractivity contribution in [3.63, 3.8) is 0 Å². The molecule has 0 nitrogen and oxygen atoms in total. The van der Waals surface area contributed by atoms with Gasteiger partial charge in [0.1, 0.15) is 0 Å². The van der Waals surface area contributed by atoms with Crippen molar-refractivity contribution in [2.75, 3.05) is 0 Å². The maximum absolute atomic E-state index is 3.95. The maximum atomic E-state index is 3.95. The van der Waals surface area contributed by atoms with E-state index in [1.807, 2.05) is 6.08 Å². The summed E-state index contributed by atoms with van der Waals surface area (Å²) in [7, 11) is 0. The highest BCUT2D eigenvalue weighted by atomic mass is 14.2. The van der Waals surface area contributed by atoms with Crippen LogP contribution in [0, 0.1) is 0 Å². The molecule has 0 N–H and O–H groups in total. The highest BCUT2D eigenvalue weighted by molar-refractivity contribution is 5.87. The number of hydrogen-bond acceptors (Lipinski definition) is 0. The van der Waals surface area contributed by atoms with E-state index in [0.717, 1.165) is 6.42 Å². The van der Waals surface area contributed by atoms with Crippen LogP contribution < -0.4 is 0 Å². The molecule has 0 aliphatic heterocycles. The highest BCUT2D eigenvalue weighted by Crippen LogP contribution is 2.42. The fourth-order valence-corrected chi connectivity index (χ4v) is 3.33. The van der Waals surface area contributed by atoms with Crippen LogP contribution in [0.4, 0.5) is 0 Å². The summed E-state index contributed by atoms with van der Waals surface area (Å²) in [5.74, 6) is 0. The molecule has 0 saturated heterocycles. The Labute approximate surface area is 125 Å². The lowest BCUT2D eigenvalue weighted by Crippen LogP contribution is -1.90. The van der Waals surface area contributed by atoms with E-state index in [0.29, 0.717) is 0 Å². The lowest BCUT2D eigenvalue weighted by Gasteiger charge is -2.11. The number of benzene rings is 3. The molecule has 0 fully saturated rings. The van der Waals surface area contributed by atoms with Crippen molar-refractivity contribution in [3.8, 4) is 22.3 Å². The average molecular weight is 268 g/mol. The van der Waals surface area contributed by atoms with E-state index in [-0.39, 0.29) is 0 Å². The van der Waals surface area contributed by atoms with Crippen molar-refractivity contribution < 1.29 is 0 Å². The van der Waals surface area contributed by atoms with Crippen molar-refractivity contribution in [3.05, 3.63) is 90.0 Å². The van der Waals surface area contributed by atoms with Gasteiger partial charge in [0, 0.05) is 0 Å². The van der Waals surface area contributed by atoms with Gasteiger partial charge < -0.3 is 0 Å². The predicted octanol–water partition coefficient (Wildman–Crippen LogP) is 5.57. The maximum Gasteiger partial charge on any atom is -0.000728 e. The molecular formula is C21H16. The first-order chi connectivity index (χ1) is 10.4. The quantitative estimate of drug-likeness (QED) is 0.446. The Morgan fingerprint density at radius 3 is 2.10 bits per heavy atom. The minimum Gasteiger partial charge on any atom is -0.0984 e. The van der Waals surface area contributed by atoms with Gasteiger partial charge in [-0.2, -0.15) is 0 Å². The standard InChI is InChI=1S/C21H16/c1-2-15-8-3-5-10-17(15)19-12-7-13-20-18-11-6-4-9-16(18)14-21(19)20/h2-13H,1,14H2. The van der Waals surface area contributed by atoms with Crippen molar-refractivity contribution in [2.45, 2.75) is 6.42 Å². The zero-order valence-electron chi connectivity index (χ0n) is 11.8. The minimum atomic E-state index is 1.02. The second-order valence-electron chi connectivity index (χ2n) is 5.46. The second-order valence-corrected chi connectivity index (χ2v) is 5.46. The molecule has 1 aliphatic carbocycles. The third kappa shape index (κ3) is 1.84. The van der Waals surface area contributed by atoms with Crippen LogP contribution >= 0.6 is 0 Å². The van der Waals surface area contributed by atoms with Crippen molar-refractivity contribution in [2.24, 2.45) is 0 Å². The summed E-state index contributed by atoms with van der Waals surface area (Å²) in [6.07, 6.45) is 2.96. The molecule has 0 heterocycles. The van der Waals surface area contributed by atoms with Crippen LogP contribution in [-0.2, 0) is 6.42 Å². The monoisotopic (exact) mass is 268 g/mol. The van der Waals surface area contributed by atoms with Crippen molar-refractivity contribution in [1.29, 1.82) is 0 Å². The van der Waals surface area contributed by atoms with Gasteiger partial charge in [0.25, 0.3) is 0 Å². The van der Waals surface area contributed by atoms with Gasteiger partial charge in [-0.25, -0.2) is 0 Å². The number of fused-ring (bicyclic) bond motifs is 3. The molecule has 3 aromatic carbocycles. The first-order valence-electron chi connectivity index (χ1n) is 7.30. The van der Waals surface area contributed by atoms with Crippen molar-refractivity contribution in [1.82, 2.24) is 0 Å². The van der Waals surface area contributed by atoms with Crippen molar-refractivity contribution >= 4 is 6.08 Å². The van der Waals surface area contributed by atoms with E-state index in [1.165, 1.54) is 38.9 Å². The Bertz CT molecular complexity index is 840. The molecule has 0 bridgehead atoms. The molecule has 0 aromatic heterocycles. The van der Waals surface area contributed by atoms with Gasteiger partial charge in [-0.1, -0.05) is 79.4 Å². The summed E-state index contributed by atoms with van der Waals surface area (Å²) in [6, 6.07) is 23.8. The molecule has 0 amide bonds. The molecule has 0 saturated carbocycles. The normalized spacial score (nSPS) is 11.8. The zero-order chi connectivity index (χ0) is 14.2. The van der Waals surface area contributed by atoms with Gasteiger partial charge in [0.05, 0.1) is 0 Å². The molecule has 0 radical (unpaired) electrons. The Morgan fingerprint density at radius 2 is 1.29 bits per heavy atom. The van der Waals surface area contributed by atoms with Gasteiger partial charge in [-0.05, 0) is 45.4 Å². The molecule has 100 valence electrons. The fraction of sp³-hybridized carbons (Fsp3) is 0.0476. The molecule has 21 heavy (non-hydrogen) atoms. The number of hydrogen-bond donors (Lipinski definition) is 0. The van der Waals surface area contributed by atoms with Crippen LogP contribution in [0.2, 0.25) is 0 Å². The smallest absolute Gasteiger partial charge is 0.000728 e. The van der Waals surface area contributed by atoms with E-state index in [1.54, 1.807) is 0 Å². The van der Waals surface area contributed by atoms with Gasteiger partial charge in [-0.3, -0.25) is 0 Å². The molecule has 3 aromatic rings. The van der Waals surface area contributed by atoms with E-state index in [9.17, 15) is 0 Å². The summed E-state index contributed by atoms with van der Waals surface area (Å²) < 4.78 is 0. The topological polar surface area (TPSA) is 0 Å². The molecule has 0 unspecified atom stereocenters. The summed E-state index contributed by atoms with van der Waals surface area (Å²) >= 11 is 0. The van der Waals surface area contributed by atoms with Crippen LogP contribution in [0.5, 0.6) is 0 Å². The van der Waals surface area contributed by atoms with Crippen LogP contribution in [0.1, 0.15) is 16.7 Å². The molecule has 0 spiro atoms. The minimum absolute atomic E-state index is 1.02. The first-order valence-corrected chi connectivity index (χ1v) is 7.30. The van der Waals surface area contributed by atoms with Gasteiger partial charge in [0.15, 0.2) is 0 Å². The van der Waals surface area contributed by atoms with Crippen LogP contribution in [0.15, 0.2) is 73.3 Å². The lowest BCUT2D eigenvalue weighted by molar-refractivity contribution is 1.26. The summed E-state index contributed by atoms with van der Waals surface area (Å²) in [5.41, 5.74) is 9.43. The average Bonchev–Trinajstić information content (AvgIpc) is 2.93. The SMILES string of the molecule is C=Cc1ccccc1-c1cccc2c1Cc1ccccc1-2. The molecule has 4 rings (SSSR count). The van der Waals surface area contributed by atoms with Gasteiger partial charge >= 0.3 is 0 Å². The predicted molar refractivity (Wildman–Crippen MR) is 90.2 cm³/mol. The molecule has 1 aliphatic rings. The Balaban J connectivity index is 1.96. The third-order valence-corrected chi connectivity index (χ3v) is 4.32. The molecule has 0 atom stereocenters. The Morgan fingerprint density at radius 1 is 0.667 bits per heavy atom. The van der Waals surface area contributed by atoms with E-state index in [4.69, 9.17) is 0 Å².